The lowest BCUT2D eigenvalue weighted by Gasteiger charge is -2.26. The molecule has 0 aliphatic carbocycles. The Balaban J connectivity index is 0.978. The average Bonchev–Trinajstić information content (AvgIpc) is 3.79. The van der Waals surface area contributed by atoms with Gasteiger partial charge in [0.2, 0.25) is 0 Å². The Labute approximate surface area is 347 Å². The minimum absolute atomic E-state index is 0.608. The van der Waals surface area contributed by atoms with Crippen LogP contribution in [0.2, 0.25) is 0 Å². The molecule has 0 fully saturated rings. The number of nitrogens with zero attached hydrogens (tertiary/aromatic N) is 2. The molecule has 6 heteroatoms. The zero-order valence-electron chi connectivity index (χ0n) is 32.7. The Morgan fingerprint density at radius 3 is 0.933 bits per heavy atom. The fourth-order valence-electron chi connectivity index (χ4n) is 7.45. The molecular formula is C54H39F3N2O. The van der Waals surface area contributed by atoms with Gasteiger partial charge in [-0.25, -0.2) is 0 Å². The maximum absolute atomic E-state index is 13.5. The highest BCUT2D eigenvalue weighted by Crippen LogP contribution is 2.40. The summed E-state index contributed by atoms with van der Waals surface area (Å²) in [4.78, 5) is 4.20. The summed E-state index contributed by atoms with van der Waals surface area (Å²) in [5.74, 6) is 1.44. The van der Waals surface area contributed by atoms with Crippen LogP contribution >= 0.6 is 0 Å². The Hall–Kier alpha value is -7.57. The van der Waals surface area contributed by atoms with Gasteiger partial charge in [0.15, 0.2) is 0 Å². The van der Waals surface area contributed by atoms with Crippen LogP contribution in [0.3, 0.4) is 0 Å². The number of aryl methyl sites for hydroxylation is 1. The standard InChI is InChI=1S/C54H39F3N2O/c1-38-12-24-46(25-13-38)58(47-26-14-41(15-27-47)39-8-4-2-5-9-39)49-30-18-43(19-31-49)52-36-37-53(60-52)44-20-32-50(33-21-44)59(51-34-22-45(23-35-51)54(55,56)57)48-28-16-42(17-29-48)40-10-6-3-7-11-40/h2-37H,1H3. The van der Waals surface area contributed by atoms with Gasteiger partial charge in [0.05, 0.1) is 5.56 Å². The molecule has 3 nitrogen and oxygen atoms in total. The van der Waals surface area contributed by atoms with Gasteiger partial charge in [-0.15, -0.1) is 0 Å². The molecule has 0 amide bonds. The molecule has 0 atom stereocenters. The maximum Gasteiger partial charge on any atom is 0.416 e. The fourth-order valence-corrected chi connectivity index (χ4v) is 7.45. The van der Waals surface area contributed by atoms with Gasteiger partial charge in [0.25, 0.3) is 0 Å². The molecule has 0 unspecified atom stereocenters. The summed E-state index contributed by atoms with van der Waals surface area (Å²) in [6.07, 6.45) is -4.43. The van der Waals surface area contributed by atoms with Crippen LogP contribution in [0.1, 0.15) is 11.1 Å². The van der Waals surface area contributed by atoms with E-state index in [4.69, 9.17) is 4.42 Å². The number of furan rings is 1. The molecule has 292 valence electrons. The largest absolute Gasteiger partial charge is 0.456 e. The normalized spacial score (nSPS) is 11.3. The Morgan fingerprint density at radius 1 is 0.317 bits per heavy atom. The van der Waals surface area contributed by atoms with Crippen molar-refractivity contribution in [2.75, 3.05) is 9.80 Å². The van der Waals surface area contributed by atoms with Crippen LogP contribution in [0.15, 0.2) is 223 Å². The highest BCUT2D eigenvalue weighted by atomic mass is 19.4. The van der Waals surface area contributed by atoms with E-state index in [-0.39, 0.29) is 0 Å². The Morgan fingerprint density at radius 2 is 0.600 bits per heavy atom. The predicted molar refractivity (Wildman–Crippen MR) is 240 cm³/mol. The van der Waals surface area contributed by atoms with Gasteiger partial charge in [0.1, 0.15) is 11.5 Å². The molecule has 0 aliphatic rings. The molecule has 1 aromatic heterocycles. The zero-order valence-corrected chi connectivity index (χ0v) is 32.7. The summed E-state index contributed by atoms with van der Waals surface area (Å²) in [6, 6.07) is 71.0. The highest BCUT2D eigenvalue weighted by molar-refractivity contribution is 5.81. The van der Waals surface area contributed by atoms with Crippen LogP contribution in [0.4, 0.5) is 47.3 Å². The lowest BCUT2D eigenvalue weighted by Crippen LogP contribution is -2.11. The highest BCUT2D eigenvalue weighted by Gasteiger charge is 2.30. The summed E-state index contributed by atoms with van der Waals surface area (Å²) in [5, 5.41) is 0. The van der Waals surface area contributed by atoms with Gasteiger partial charge in [-0.2, -0.15) is 13.2 Å². The van der Waals surface area contributed by atoms with Crippen molar-refractivity contribution in [1.29, 1.82) is 0 Å². The number of alkyl halides is 3. The third kappa shape index (κ3) is 8.09. The number of rotatable bonds is 10. The maximum atomic E-state index is 13.5. The van der Waals surface area contributed by atoms with Crippen LogP contribution in [-0.2, 0) is 6.18 Å². The van der Waals surface area contributed by atoms with Crippen LogP contribution < -0.4 is 9.80 Å². The van der Waals surface area contributed by atoms with Gasteiger partial charge in [-0.3, -0.25) is 0 Å². The quantitative estimate of drug-likeness (QED) is 0.138. The third-order valence-electron chi connectivity index (χ3n) is 10.6. The van der Waals surface area contributed by atoms with Crippen molar-refractivity contribution in [1.82, 2.24) is 0 Å². The monoisotopic (exact) mass is 788 g/mol. The molecule has 60 heavy (non-hydrogen) atoms. The summed E-state index contributed by atoms with van der Waals surface area (Å²) in [5.41, 5.74) is 12.1. The van der Waals surface area contributed by atoms with E-state index in [0.717, 1.165) is 74.1 Å². The SMILES string of the molecule is Cc1ccc(N(c2ccc(-c3ccccc3)cc2)c2ccc(-c3ccc(-c4ccc(N(c5ccc(-c6ccccc6)cc5)c5ccc(C(F)(F)F)cc5)cc4)o3)cc2)cc1. The van der Waals surface area contributed by atoms with E-state index >= 15 is 0 Å². The van der Waals surface area contributed by atoms with E-state index in [2.05, 4.69) is 109 Å². The van der Waals surface area contributed by atoms with Gasteiger partial charge in [-0.1, -0.05) is 103 Å². The van der Waals surface area contributed by atoms with Crippen LogP contribution in [0.5, 0.6) is 0 Å². The van der Waals surface area contributed by atoms with Crippen molar-refractivity contribution in [3.8, 4) is 44.9 Å². The van der Waals surface area contributed by atoms with Crippen molar-refractivity contribution in [3.63, 3.8) is 0 Å². The topological polar surface area (TPSA) is 19.6 Å². The minimum Gasteiger partial charge on any atom is -0.456 e. The molecule has 0 saturated heterocycles. The van der Waals surface area contributed by atoms with Crippen LogP contribution in [-0.4, -0.2) is 0 Å². The lowest BCUT2D eigenvalue weighted by atomic mass is 10.0. The van der Waals surface area contributed by atoms with E-state index in [9.17, 15) is 13.2 Å². The summed E-state index contributed by atoms with van der Waals surface area (Å²) >= 11 is 0. The first-order valence-electron chi connectivity index (χ1n) is 19.7. The first kappa shape index (κ1) is 38.0. The van der Waals surface area contributed by atoms with Crippen molar-refractivity contribution < 1.29 is 17.6 Å². The van der Waals surface area contributed by atoms with Crippen molar-refractivity contribution >= 4 is 34.1 Å². The molecule has 1 heterocycles. The van der Waals surface area contributed by atoms with Crippen molar-refractivity contribution in [2.45, 2.75) is 13.1 Å². The van der Waals surface area contributed by atoms with Crippen LogP contribution in [0, 0.1) is 6.92 Å². The number of benzene rings is 8. The Bertz CT molecular complexity index is 2800. The molecule has 8 aromatic carbocycles. The van der Waals surface area contributed by atoms with Crippen LogP contribution in [0.25, 0.3) is 44.9 Å². The van der Waals surface area contributed by atoms with E-state index in [1.165, 1.54) is 23.3 Å². The predicted octanol–water partition coefficient (Wildman–Crippen LogP) is 16.2. The van der Waals surface area contributed by atoms with E-state index in [1.807, 2.05) is 102 Å². The molecule has 0 radical (unpaired) electrons. The van der Waals surface area contributed by atoms with Crippen molar-refractivity contribution in [3.05, 3.63) is 230 Å². The fraction of sp³-hybridized carbons (Fsp3) is 0.0370. The van der Waals surface area contributed by atoms with Crippen molar-refractivity contribution in [2.24, 2.45) is 0 Å². The minimum atomic E-state index is -4.43. The van der Waals surface area contributed by atoms with E-state index in [1.54, 1.807) is 0 Å². The Kier molecular flexibility index (Phi) is 10.4. The summed E-state index contributed by atoms with van der Waals surface area (Å²) in [7, 11) is 0. The number of halogens is 3. The second-order valence-electron chi connectivity index (χ2n) is 14.6. The van der Waals surface area contributed by atoms with Gasteiger partial charge in [-0.05, 0) is 151 Å². The molecule has 0 saturated carbocycles. The zero-order chi connectivity index (χ0) is 41.1. The molecule has 9 rings (SSSR count). The molecule has 9 aromatic rings. The van der Waals surface area contributed by atoms with Gasteiger partial charge in [0, 0.05) is 45.3 Å². The lowest BCUT2D eigenvalue weighted by molar-refractivity contribution is -0.137. The second kappa shape index (κ2) is 16.4. The molecule has 0 bridgehead atoms. The van der Waals surface area contributed by atoms with E-state index in [0.29, 0.717) is 11.4 Å². The molecule has 0 N–H and O–H groups in total. The molecule has 0 spiro atoms. The third-order valence-corrected chi connectivity index (χ3v) is 10.6. The van der Waals surface area contributed by atoms with E-state index < -0.39 is 11.7 Å². The average molecular weight is 789 g/mol. The molecular weight excluding hydrogens is 750 g/mol. The summed E-state index contributed by atoms with van der Waals surface area (Å²) in [6.45, 7) is 2.09. The second-order valence-corrected chi connectivity index (χ2v) is 14.6. The first-order chi connectivity index (χ1) is 29.3. The molecule has 0 aliphatic heterocycles. The first-order valence-corrected chi connectivity index (χ1v) is 19.7. The summed E-state index contributed by atoms with van der Waals surface area (Å²) < 4.78 is 47.0. The van der Waals surface area contributed by atoms with Gasteiger partial charge < -0.3 is 14.2 Å². The van der Waals surface area contributed by atoms with Gasteiger partial charge >= 0.3 is 6.18 Å². The number of hydrogen-bond acceptors (Lipinski definition) is 3. The number of anilines is 6. The number of hydrogen-bond donors (Lipinski definition) is 0. The smallest absolute Gasteiger partial charge is 0.416 e.